The van der Waals surface area contributed by atoms with Crippen molar-refractivity contribution < 1.29 is 14.7 Å². The molecule has 0 aromatic heterocycles. The van der Waals surface area contributed by atoms with Crippen LogP contribution >= 0.6 is 0 Å². The highest BCUT2D eigenvalue weighted by Crippen LogP contribution is 2.12. The molecule has 0 aromatic carbocycles. The molecule has 6 nitrogen and oxygen atoms in total. The molecule has 25 heavy (non-hydrogen) atoms. The molecule has 0 heterocycles. The number of hydrogen-bond donors (Lipinski definition) is 3. The van der Waals surface area contributed by atoms with Gasteiger partial charge in [-0.1, -0.05) is 71.1 Å². The second-order valence-electron chi connectivity index (χ2n) is 6.66. The predicted octanol–water partition coefficient (Wildman–Crippen LogP) is 3.71. The van der Waals surface area contributed by atoms with E-state index in [0.717, 1.165) is 17.9 Å². The van der Waals surface area contributed by atoms with Crippen LogP contribution in [-0.2, 0) is 9.59 Å². The molecule has 0 bridgehead atoms. The zero-order valence-electron chi connectivity index (χ0n) is 15.8. The van der Waals surface area contributed by atoms with Gasteiger partial charge in [0.1, 0.15) is 17.7 Å². The van der Waals surface area contributed by atoms with Gasteiger partial charge in [0.25, 0.3) is 5.91 Å². The van der Waals surface area contributed by atoms with E-state index in [9.17, 15) is 9.59 Å². The Morgan fingerprint density at radius 1 is 0.880 bits per heavy atom. The summed E-state index contributed by atoms with van der Waals surface area (Å²) in [7, 11) is 0. The van der Waals surface area contributed by atoms with Crippen LogP contribution in [0.3, 0.4) is 0 Å². The van der Waals surface area contributed by atoms with E-state index in [0.29, 0.717) is 12.7 Å². The van der Waals surface area contributed by atoms with Gasteiger partial charge in [-0.25, -0.2) is 5.84 Å². The smallest absolute Gasteiger partial charge is 0.286 e. The first kappa shape index (κ1) is 23.4. The number of nitrogens with zero attached hydrogens (tertiary/aromatic N) is 1. The maximum Gasteiger partial charge on any atom is 0.286 e. The highest BCUT2D eigenvalue weighted by molar-refractivity contribution is 5.92. The average molecular weight is 356 g/mol. The van der Waals surface area contributed by atoms with Gasteiger partial charge in [0.2, 0.25) is 0 Å². The summed E-state index contributed by atoms with van der Waals surface area (Å²) in [6.07, 6.45) is 15.0. The zero-order chi connectivity index (χ0) is 18.9. The van der Waals surface area contributed by atoms with Gasteiger partial charge < -0.3 is 10.8 Å². The number of rotatable bonds is 16. The van der Waals surface area contributed by atoms with Gasteiger partial charge in [0.15, 0.2) is 0 Å². The highest BCUT2D eigenvalue weighted by atomic mass is 16.2. The highest BCUT2D eigenvalue weighted by Gasteiger charge is 2.13. The van der Waals surface area contributed by atoms with E-state index >= 15 is 0 Å². The van der Waals surface area contributed by atoms with Crippen LogP contribution in [0.25, 0.3) is 0 Å². The minimum absolute atomic E-state index is 0.103. The maximum atomic E-state index is 11.8. The SMILES string of the molecule is CCCCCCCCCCCCCC(=O)CCN(N)C(=O)/C(N)=C/O. The first-order valence-corrected chi connectivity index (χ1v) is 9.71. The number of ketones is 1. The predicted molar refractivity (Wildman–Crippen MR) is 102 cm³/mol. The molecule has 0 aliphatic heterocycles. The number of unbranched alkanes of at least 4 members (excludes halogenated alkanes) is 10. The number of hydrogen-bond acceptors (Lipinski definition) is 5. The van der Waals surface area contributed by atoms with Crippen molar-refractivity contribution in [3.05, 3.63) is 12.0 Å². The van der Waals surface area contributed by atoms with Crippen molar-refractivity contribution in [3.63, 3.8) is 0 Å². The molecule has 0 aromatic rings. The summed E-state index contributed by atoms with van der Waals surface area (Å²) in [5.41, 5.74) is 4.92. The van der Waals surface area contributed by atoms with Gasteiger partial charge >= 0.3 is 0 Å². The Bertz CT molecular complexity index is 397. The molecule has 0 aliphatic rings. The molecule has 0 atom stereocenters. The number of hydrazine groups is 1. The van der Waals surface area contributed by atoms with Crippen LogP contribution in [0.1, 0.15) is 90.4 Å². The average Bonchev–Trinajstić information content (AvgIpc) is 2.62. The number of Topliss-reactive ketones (excluding diaryl/α,β-unsaturated/α-hetero) is 1. The monoisotopic (exact) mass is 355 g/mol. The van der Waals surface area contributed by atoms with E-state index in [1.807, 2.05) is 0 Å². The first-order chi connectivity index (χ1) is 12.0. The molecule has 0 saturated carbocycles. The van der Waals surface area contributed by atoms with Crippen LogP contribution < -0.4 is 11.6 Å². The van der Waals surface area contributed by atoms with Crippen LogP contribution in [0.4, 0.5) is 0 Å². The summed E-state index contributed by atoms with van der Waals surface area (Å²) in [4.78, 5) is 23.3. The van der Waals surface area contributed by atoms with Crippen molar-refractivity contribution in [1.82, 2.24) is 5.01 Å². The van der Waals surface area contributed by atoms with E-state index in [2.05, 4.69) is 6.92 Å². The van der Waals surface area contributed by atoms with Gasteiger partial charge in [0, 0.05) is 19.4 Å². The van der Waals surface area contributed by atoms with Gasteiger partial charge in [-0.2, -0.15) is 0 Å². The lowest BCUT2D eigenvalue weighted by Crippen LogP contribution is -2.41. The third kappa shape index (κ3) is 13.4. The Hall–Kier alpha value is -1.56. The summed E-state index contributed by atoms with van der Waals surface area (Å²) in [5.74, 6) is 4.93. The molecule has 0 unspecified atom stereocenters. The number of amides is 1. The number of aliphatic hydroxyl groups is 1. The molecule has 146 valence electrons. The van der Waals surface area contributed by atoms with Crippen LogP contribution in [-0.4, -0.2) is 28.4 Å². The third-order valence-electron chi connectivity index (χ3n) is 4.34. The fourth-order valence-corrected chi connectivity index (χ4v) is 2.68. The zero-order valence-corrected chi connectivity index (χ0v) is 15.8. The minimum atomic E-state index is -0.676. The van der Waals surface area contributed by atoms with E-state index in [-0.39, 0.29) is 24.4 Å². The minimum Gasteiger partial charge on any atom is -0.513 e. The topological polar surface area (TPSA) is 110 Å². The number of carbonyl (C=O) groups excluding carboxylic acids is 2. The van der Waals surface area contributed by atoms with Crippen LogP contribution in [0.2, 0.25) is 0 Å². The quantitative estimate of drug-likeness (QED) is 0.0976. The van der Waals surface area contributed by atoms with Gasteiger partial charge in [-0.05, 0) is 6.42 Å². The molecule has 0 fully saturated rings. The summed E-state index contributed by atoms with van der Waals surface area (Å²) in [6.45, 7) is 2.35. The summed E-state index contributed by atoms with van der Waals surface area (Å²) < 4.78 is 0. The van der Waals surface area contributed by atoms with E-state index in [1.54, 1.807) is 0 Å². The van der Waals surface area contributed by atoms with Crippen molar-refractivity contribution in [1.29, 1.82) is 0 Å². The molecule has 0 radical (unpaired) electrons. The Kier molecular flexibility index (Phi) is 14.9. The molecule has 0 saturated heterocycles. The Labute approximate surface area is 152 Å². The normalized spacial score (nSPS) is 11.5. The summed E-state index contributed by atoms with van der Waals surface area (Å²) >= 11 is 0. The van der Waals surface area contributed by atoms with Crippen molar-refractivity contribution in [2.24, 2.45) is 11.6 Å². The van der Waals surface area contributed by atoms with Crippen molar-refractivity contribution >= 4 is 11.7 Å². The van der Waals surface area contributed by atoms with Gasteiger partial charge in [0.05, 0.1) is 0 Å². The molecular formula is C19H37N3O3. The Morgan fingerprint density at radius 3 is 1.84 bits per heavy atom. The van der Waals surface area contributed by atoms with E-state index in [4.69, 9.17) is 16.7 Å². The maximum absolute atomic E-state index is 11.8. The molecule has 5 N–H and O–H groups in total. The van der Waals surface area contributed by atoms with Crippen LogP contribution in [0.15, 0.2) is 12.0 Å². The van der Waals surface area contributed by atoms with Crippen LogP contribution in [0.5, 0.6) is 0 Å². The second-order valence-corrected chi connectivity index (χ2v) is 6.66. The molecule has 0 rings (SSSR count). The van der Waals surface area contributed by atoms with Gasteiger partial charge in [-0.3, -0.25) is 14.6 Å². The molecule has 0 aliphatic carbocycles. The Morgan fingerprint density at radius 2 is 1.36 bits per heavy atom. The third-order valence-corrected chi connectivity index (χ3v) is 4.34. The van der Waals surface area contributed by atoms with Crippen molar-refractivity contribution in [2.75, 3.05) is 6.54 Å². The molecule has 0 spiro atoms. The number of nitrogens with two attached hydrogens (primary N) is 2. The second kappa shape index (κ2) is 15.9. The lowest BCUT2D eigenvalue weighted by atomic mass is 10.0. The molecular weight excluding hydrogens is 318 g/mol. The molecule has 6 heteroatoms. The fraction of sp³-hybridized carbons (Fsp3) is 0.789. The van der Waals surface area contributed by atoms with E-state index in [1.165, 1.54) is 57.8 Å². The lowest BCUT2D eigenvalue weighted by molar-refractivity contribution is -0.128. The summed E-state index contributed by atoms with van der Waals surface area (Å²) in [5, 5.41) is 9.51. The number of aliphatic hydroxyl groups excluding tert-OH is 1. The molecule has 1 amide bonds. The summed E-state index contributed by atoms with van der Waals surface area (Å²) in [6, 6.07) is 0. The standard InChI is InChI=1S/C19H37N3O3/c1-2-3-4-5-6-7-8-9-10-11-12-13-17(24)14-15-22(21)19(25)18(20)16-23/h16,23H,2-15,20-21H2,1H3/b18-16-. The largest absolute Gasteiger partial charge is 0.513 e. The first-order valence-electron chi connectivity index (χ1n) is 9.71. The van der Waals surface area contributed by atoms with Crippen molar-refractivity contribution in [2.45, 2.75) is 90.4 Å². The van der Waals surface area contributed by atoms with Crippen molar-refractivity contribution in [3.8, 4) is 0 Å². The Balaban J connectivity index is 3.48. The van der Waals surface area contributed by atoms with Crippen LogP contribution in [0, 0.1) is 0 Å². The van der Waals surface area contributed by atoms with E-state index < -0.39 is 5.91 Å². The fourth-order valence-electron chi connectivity index (χ4n) is 2.68. The van der Waals surface area contributed by atoms with Gasteiger partial charge in [-0.15, -0.1) is 0 Å². The lowest BCUT2D eigenvalue weighted by Gasteiger charge is -2.15. The number of carbonyl (C=O) groups is 2.